The van der Waals surface area contributed by atoms with Crippen molar-refractivity contribution in [1.82, 2.24) is 0 Å². The molecule has 0 amide bonds. The van der Waals surface area contributed by atoms with Crippen LogP contribution in [0.15, 0.2) is 0 Å². The van der Waals surface area contributed by atoms with Crippen LogP contribution in [0, 0.1) is 5.41 Å². The van der Waals surface area contributed by atoms with Crippen molar-refractivity contribution in [1.29, 1.82) is 0 Å². The van der Waals surface area contributed by atoms with Crippen molar-refractivity contribution in [2.24, 2.45) is 5.41 Å². The van der Waals surface area contributed by atoms with Crippen LogP contribution < -0.4 is 0 Å². The zero-order chi connectivity index (χ0) is 11.3. The molecule has 1 aliphatic rings. The van der Waals surface area contributed by atoms with Gasteiger partial charge in [0.25, 0.3) is 0 Å². The van der Waals surface area contributed by atoms with Crippen molar-refractivity contribution < 1.29 is 14.6 Å². The smallest absolute Gasteiger partial charge is 0.303 e. The maximum absolute atomic E-state index is 10.3. The third kappa shape index (κ3) is 5.17. The van der Waals surface area contributed by atoms with Gasteiger partial charge in [-0.15, -0.1) is 0 Å². The van der Waals surface area contributed by atoms with Gasteiger partial charge in [0, 0.05) is 13.0 Å². The first kappa shape index (κ1) is 12.5. The minimum atomic E-state index is -0.733. The first-order valence-corrected chi connectivity index (χ1v) is 5.83. The van der Waals surface area contributed by atoms with Gasteiger partial charge in [-0.2, -0.15) is 0 Å². The van der Waals surface area contributed by atoms with E-state index in [1.54, 1.807) is 0 Å². The molecule has 0 unspecified atom stereocenters. The van der Waals surface area contributed by atoms with Crippen LogP contribution in [0.3, 0.4) is 0 Å². The van der Waals surface area contributed by atoms with Crippen molar-refractivity contribution in [3.63, 3.8) is 0 Å². The fourth-order valence-corrected chi connectivity index (χ4v) is 2.01. The standard InChI is InChI=1S/C12H22O3/c1-12(2)7-5-10(6-8-12)15-9-3-4-11(13)14/h10H,3-9H2,1-2H3,(H,13,14). The molecule has 0 atom stereocenters. The molecule has 15 heavy (non-hydrogen) atoms. The molecule has 1 rings (SSSR count). The number of carboxylic acids is 1. The average molecular weight is 214 g/mol. The Morgan fingerprint density at radius 3 is 2.53 bits per heavy atom. The van der Waals surface area contributed by atoms with E-state index in [4.69, 9.17) is 9.84 Å². The van der Waals surface area contributed by atoms with Gasteiger partial charge >= 0.3 is 5.97 Å². The molecule has 88 valence electrons. The third-order valence-corrected chi connectivity index (χ3v) is 3.17. The first-order valence-electron chi connectivity index (χ1n) is 5.83. The van der Waals surface area contributed by atoms with Gasteiger partial charge in [-0.1, -0.05) is 13.8 Å². The Bertz CT molecular complexity index is 201. The minimum absolute atomic E-state index is 0.220. The zero-order valence-electron chi connectivity index (χ0n) is 9.79. The summed E-state index contributed by atoms with van der Waals surface area (Å²) in [6.07, 6.45) is 5.91. The van der Waals surface area contributed by atoms with E-state index < -0.39 is 5.97 Å². The number of carboxylic acid groups (broad SMARTS) is 1. The summed E-state index contributed by atoms with van der Waals surface area (Å²) in [6.45, 7) is 5.19. The first-order chi connectivity index (χ1) is 6.99. The van der Waals surface area contributed by atoms with E-state index in [9.17, 15) is 4.79 Å². The summed E-state index contributed by atoms with van der Waals surface area (Å²) in [7, 11) is 0. The van der Waals surface area contributed by atoms with Crippen molar-refractivity contribution in [3.05, 3.63) is 0 Å². The van der Waals surface area contributed by atoms with Gasteiger partial charge in [-0.3, -0.25) is 4.79 Å². The quantitative estimate of drug-likeness (QED) is 0.716. The molecule has 0 saturated heterocycles. The van der Waals surface area contributed by atoms with Gasteiger partial charge in [-0.25, -0.2) is 0 Å². The molecule has 3 heteroatoms. The molecule has 0 aromatic carbocycles. The second-order valence-corrected chi connectivity index (χ2v) is 5.23. The normalized spacial score (nSPS) is 21.5. The fraction of sp³-hybridized carbons (Fsp3) is 0.917. The molecule has 1 fully saturated rings. The molecule has 0 aromatic rings. The number of ether oxygens (including phenoxy) is 1. The Kier molecular flexibility index (Phi) is 4.58. The van der Waals surface area contributed by atoms with E-state index in [0.717, 1.165) is 12.8 Å². The van der Waals surface area contributed by atoms with Gasteiger partial charge in [0.15, 0.2) is 0 Å². The van der Waals surface area contributed by atoms with Crippen molar-refractivity contribution in [2.75, 3.05) is 6.61 Å². The largest absolute Gasteiger partial charge is 0.481 e. The Morgan fingerprint density at radius 2 is 2.00 bits per heavy atom. The minimum Gasteiger partial charge on any atom is -0.481 e. The molecule has 1 saturated carbocycles. The van der Waals surface area contributed by atoms with Crippen LogP contribution in [0.25, 0.3) is 0 Å². The number of aliphatic carboxylic acids is 1. The summed E-state index contributed by atoms with van der Waals surface area (Å²) >= 11 is 0. The molecular weight excluding hydrogens is 192 g/mol. The van der Waals surface area contributed by atoms with Gasteiger partial charge < -0.3 is 9.84 Å². The van der Waals surface area contributed by atoms with E-state index >= 15 is 0 Å². The number of hydrogen-bond donors (Lipinski definition) is 1. The van der Waals surface area contributed by atoms with Crippen LogP contribution in [0.4, 0.5) is 0 Å². The van der Waals surface area contributed by atoms with Gasteiger partial charge in [0.05, 0.1) is 6.10 Å². The topological polar surface area (TPSA) is 46.5 Å². The molecule has 0 heterocycles. The van der Waals surface area contributed by atoms with Crippen LogP contribution in [0.2, 0.25) is 0 Å². The molecule has 0 aromatic heterocycles. The number of hydrogen-bond acceptors (Lipinski definition) is 2. The highest BCUT2D eigenvalue weighted by atomic mass is 16.5. The molecule has 0 aliphatic heterocycles. The molecule has 0 radical (unpaired) electrons. The maximum Gasteiger partial charge on any atom is 0.303 e. The zero-order valence-corrected chi connectivity index (χ0v) is 9.79. The molecule has 0 bridgehead atoms. The van der Waals surface area contributed by atoms with Crippen LogP contribution in [-0.4, -0.2) is 23.8 Å². The number of carbonyl (C=O) groups is 1. The lowest BCUT2D eigenvalue weighted by atomic mass is 9.76. The molecule has 0 spiro atoms. The highest BCUT2D eigenvalue weighted by Gasteiger charge is 2.26. The Hall–Kier alpha value is -0.570. The lowest BCUT2D eigenvalue weighted by Crippen LogP contribution is -2.26. The lowest BCUT2D eigenvalue weighted by molar-refractivity contribution is -0.137. The molecule has 1 aliphatic carbocycles. The van der Waals surface area contributed by atoms with E-state index in [1.165, 1.54) is 12.8 Å². The number of rotatable bonds is 5. The van der Waals surface area contributed by atoms with Crippen molar-refractivity contribution in [2.45, 2.75) is 58.5 Å². The van der Waals surface area contributed by atoms with Crippen LogP contribution in [0.1, 0.15) is 52.4 Å². The average Bonchev–Trinajstić information content (AvgIpc) is 2.14. The second kappa shape index (κ2) is 5.50. The molecule has 1 N–H and O–H groups in total. The fourth-order valence-electron chi connectivity index (χ4n) is 2.01. The maximum atomic E-state index is 10.3. The summed E-state index contributed by atoms with van der Waals surface area (Å²) in [5.74, 6) is -0.733. The monoisotopic (exact) mass is 214 g/mol. The molecule has 3 nitrogen and oxygen atoms in total. The predicted octanol–water partition coefficient (Wildman–Crippen LogP) is 2.84. The summed E-state index contributed by atoms with van der Waals surface area (Å²) in [5.41, 5.74) is 0.473. The lowest BCUT2D eigenvalue weighted by Gasteiger charge is -2.34. The summed E-state index contributed by atoms with van der Waals surface area (Å²) in [6, 6.07) is 0. The van der Waals surface area contributed by atoms with Crippen LogP contribution >= 0.6 is 0 Å². The van der Waals surface area contributed by atoms with Crippen molar-refractivity contribution in [3.8, 4) is 0 Å². The van der Waals surface area contributed by atoms with E-state index in [2.05, 4.69) is 13.8 Å². The van der Waals surface area contributed by atoms with Crippen molar-refractivity contribution >= 4 is 5.97 Å². The van der Waals surface area contributed by atoms with E-state index in [1.807, 2.05) is 0 Å². The van der Waals surface area contributed by atoms with Crippen LogP contribution in [0.5, 0.6) is 0 Å². The Morgan fingerprint density at radius 1 is 1.40 bits per heavy atom. The summed E-state index contributed by atoms with van der Waals surface area (Å²) in [4.78, 5) is 10.3. The SMILES string of the molecule is CC1(C)CCC(OCCCC(=O)O)CC1. The predicted molar refractivity (Wildman–Crippen MR) is 58.9 cm³/mol. The highest BCUT2D eigenvalue weighted by molar-refractivity contribution is 5.66. The van der Waals surface area contributed by atoms with Gasteiger partial charge in [-0.05, 0) is 37.5 Å². The highest BCUT2D eigenvalue weighted by Crippen LogP contribution is 2.36. The van der Waals surface area contributed by atoms with Crippen LogP contribution in [-0.2, 0) is 9.53 Å². The van der Waals surface area contributed by atoms with Gasteiger partial charge in [0.2, 0.25) is 0 Å². The van der Waals surface area contributed by atoms with E-state index in [-0.39, 0.29) is 6.42 Å². The second-order valence-electron chi connectivity index (χ2n) is 5.23. The molecular formula is C12H22O3. The van der Waals surface area contributed by atoms with E-state index in [0.29, 0.717) is 24.5 Å². The summed E-state index contributed by atoms with van der Waals surface area (Å²) < 4.78 is 5.66. The summed E-state index contributed by atoms with van der Waals surface area (Å²) in [5, 5.41) is 8.46. The van der Waals surface area contributed by atoms with Gasteiger partial charge in [0.1, 0.15) is 0 Å². The Balaban J connectivity index is 2.06. The third-order valence-electron chi connectivity index (χ3n) is 3.17. The Labute approximate surface area is 91.8 Å².